The lowest BCUT2D eigenvalue weighted by atomic mass is 10.0. The fourth-order valence-electron chi connectivity index (χ4n) is 8.42. The Morgan fingerprint density at radius 3 is 2.10 bits per heavy atom. The highest BCUT2D eigenvalue weighted by Crippen LogP contribution is 2.43. The van der Waals surface area contributed by atoms with Crippen LogP contribution in [0.5, 0.6) is 0 Å². The van der Waals surface area contributed by atoms with Crippen LogP contribution in [0.3, 0.4) is 0 Å². The smallest absolute Gasteiger partial charge is 0.164 e. The summed E-state index contributed by atoms with van der Waals surface area (Å²) in [5.41, 5.74) is 2.74. The van der Waals surface area contributed by atoms with Gasteiger partial charge in [-0.3, -0.25) is 0 Å². The lowest BCUT2D eigenvalue weighted by Crippen LogP contribution is -2.00. The zero-order valence-electron chi connectivity index (χ0n) is 45.7. The van der Waals surface area contributed by atoms with Crippen LogP contribution in [0.2, 0.25) is 0 Å². The van der Waals surface area contributed by atoms with Gasteiger partial charge in [-0.15, -0.1) is 11.3 Å². The minimum absolute atomic E-state index is 0.0314. The maximum Gasteiger partial charge on any atom is 0.164 e. The molecule has 0 radical (unpaired) electrons. The second-order valence-corrected chi connectivity index (χ2v) is 16.0. The van der Waals surface area contributed by atoms with Crippen molar-refractivity contribution in [1.82, 2.24) is 19.5 Å². The van der Waals surface area contributed by atoms with Gasteiger partial charge in [-0.2, -0.15) is 0 Å². The van der Waals surface area contributed by atoms with Gasteiger partial charge in [-0.05, 0) is 47.0 Å². The molecule has 6 heteroatoms. The molecule has 0 atom stereocenters. The highest BCUT2D eigenvalue weighted by Gasteiger charge is 2.21. The molecule has 63 heavy (non-hydrogen) atoms. The summed E-state index contributed by atoms with van der Waals surface area (Å²) in [6.45, 7) is 0. The summed E-state index contributed by atoms with van der Waals surface area (Å²) in [7, 11) is 0. The van der Waals surface area contributed by atoms with E-state index in [2.05, 4.69) is 24.3 Å². The summed E-state index contributed by atoms with van der Waals surface area (Å²) in [5, 5.41) is 1.75. The van der Waals surface area contributed by atoms with Crippen molar-refractivity contribution in [2.24, 2.45) is 0 Å². The minimum Gasteiger partial charge on any atom is -0.454 e. The summed E-state index contributed by atoms with van der Waals surface area (Å²) in [6, 6.07) is 32.9. The van der Waals surface area contributed by atoms with E-state index in [1.807, 2.05) is 72.8 Å². The van der Waals surface area contributed by atoms with E-state index in [0.717, 1.165) is 31.3 Å². The standard InChI is InChI=1S/C57H34N4OS/c1-4-15-35(16-5-1)40-22-12-24-45-42-21-10-11-27-48(42)61(52(40)45)49-28-14-25-46-43-31-29-38(33-50(43)62-53(46)49)56-58-55(37-19-8-3-9-20-37)59-57(60-56)39-30-32-44-47-26-13-23-41(36-17-6-2-7-18-36)54(47)63-51(44)34-39/h1-34H/i4D,10D,11D,12D,14D,15D,21D,22D,24D,25D,29D,31D,33D. The Balaban J connectivity index is 1.08. The molecule has 0 fully saturated rings. The molecule has 13 rings (SSSR count). The Kier molecular flexibility index (Phi) is 5.62. The number of para-hydroxylation sites is 3. The average molecular weight is 836 g/mol. The number of nitrogens with zero attached hydrogens (tertiary/aromatic N) is 4. The van der Waals surface area contributed by atoms with Crippen LogP contribution in [0.25, 0.3) is 126 Å². The molecule has 0 spiro atoms. The summed E-state index contributed by atoms with van der Waals surface area (Å²) < 4.78 is 129. The Hall–Kier alpha value is -8.19. The first kappa shape index (κ1) is 24.9. The summed E-state index contributed by atoms with van der Waals surface area (Å²) in [6.07, 6.45) is 0. The topological polar surface area (TPSA) is 56.7 Å². The normalized spacial score (nSPS) is 14.7. The number of benzene rings is 9. The van der Waals surface area contributed by atoms with Gasteiger partial charge >= 0.3 is 0 Å². The van der Waals surface area contributed by atoms with Gasteiger partial charge in [0.2, 0.25) is 0 Å². The number of fused-ring (bicyclic) bond motifs is 9. The SMILES string of the molecule is [2H]c1cccc(-c2c([2H])c([2H])c([2H])c3c4c([2H])c([2H])c([2H])cc4n(-c4cc([2H])c([2H])c5c4oc4c([2H])c(-c6nc(-c7ccccc7)nc(-c7ccc8c(c7)sc7c(-c9ccccc9)cccc78)n6)c([2H])c([2H])c45)c23)c1[2H]. The second-order valence-electron chi connectivity index (χ2n) is 14.9. The van der Waals surface area contributed by atoms with Crippen molar-refractivity contribution in [1.29, 1.82) is 0 Å². The average Bonchev–Trinajstić information content (AvgIpc) is 4.20. The highest BCUT2D eigenvalue weighted by molar-refractivity contribution is 7.26. The quantitative estimate of drug-likeness (QED) is 0.167. The van der Waals surface area contributed by atoms with Gasteiger partial charge < -0.3 is 8.98 Å². The maximum absolute atomic E-state index is 9.85. The van der Waals surface area contributed by atoms with Gasteiger partial charge in [-0.25, -0.2) is 15.0 Å². The van der Waals surface area contributed by atoms with E-state index in [-0.39, 0.29) is 102 Å². The van der Waals surface area contributed by atoms with Crippen molar-refractivity contribution in [3.05, 3.63) is 206 Å². The molecule has 0 unspecified atom stereocenters. The van der Waals surface area contributed by atoms with E-state index in [4.69, 9.17) is 27.6 Å². The van der Waals surface area contributed by atoms with Crippen molar-refractivity contribution in [2.45, 2.75) is 0 Å². The molecule has 13 aromatic rings. The molecule has 0 saturated carbocycles. The highest BCUT2D eigenvalue weighted by atomic mass is 32.1. The van der Waals surface area contributed by atoms with Crippen LogP contribution in [0.15, 0.2) is 210 Å². The van der Waals surface area contributed by atoms with Crippen LogP contribution < -0.4 is 0 Å². The predicted molar refractivity (Wildman–Crippen MR) is 262 cm³/mol. The zero-order valence-corrected chi connectivity index (χ0v) is 33.5. The summed E-state index contributed by atoms with van der Waals surface area (Å²) in [4.78, 5) is 14.7. The number of aromatic nitrogens is 4. The molecule has 0 saturated heterocycles. The molecule has 0 bridgehead atoms. The fourth-order valence-corrected chi connectivity index (χ4v) is 9.70. The lowest BCUT2D eigenvalue weighted by molar-refractivity contribution is 0.666. The lowest BCUT2D eigenvalue weighted by Gasteiger charge is -2.12. The van der Waals surface area contributed by atoms with E-state index in [0.29, 0.717) is 11.1 Å². The molecule has 294 valence electrons. The molecule has 5 nitrogen and oxygen atoms in total. The van der Waals surface area contributed by atoms with E-state index >= 15 is 0 Å². The van der Waals surface area contributed by atoms with Crippen LogP contribution >= 0.6 is 11.3 Å². The van der Waals surface area contributed by atoms with Crippen LogP contribution in [0.4, 0.5) is 0 Å². The maximum atomic E-state index is 9.85. The van der Waals surface area contributed by atoms with Crippen molar-refractivity contribution in [3.8, 4) is 62.1 Å². The Bertz CT molecular complexity index is 4690. The van der Waals surface area contributed by atoms with E-state index in [1.165, 1.54) is 34.9 Å². The molecular formula is C57H34N4OS. The summed E-state index contributed by atoms with van der Waals surface area (Å²) in [5.74, 6) is 0.370. The van der Waals surface area contributed by atoms with Gasteiger partial charge in [0.1, 0.15) is 5.58 Å². The van der Waals surface area contributed by atoms with Gasteiger partial charge in [0, 0.05) is 64.0 Å². The molecule has 4 aromatic heterocycles. The Morgan fingerprint density at radius 1 is 0.460 bits per heavy atom. The molecule has 0 N–H and O–H groups in total. The largest absolute Gasteiger partial charge is 0.454 e. The third kappa shape index (κ3) is 5.73. The van der Waals surface area contributed by atoms with Gasteiger partial charge in [-0.1, -0.05) is 176 Å². The third-order valence-electron chi connectivity index (χ3n) is 11.3. The molecule has 0 aliphatic rings. The Labute approximate surface area is 384 Å². The monoisotopic (exact) mass is 835 g/mol. The minimum atomic E-state index is -0.558. The number of furan rings is 1. The first-order valence-corrected chi connectivity index (χ1v) is 20.8. The predicted octanol–water partition coefficient (Wildman–Crippen LogP) is 15.6. The van der Waals surface area contributed by atoms with Crippen molar-refractivity contribution < 1.29 is 22.2 Å². The molecule has 0 amide bonds. The summed E-state index contributed by atoms with van der Waals surface area (Å²) >= 11 is 1.64. The first-order valence-electron chi connectivity index (χ1n) is 26.5. The van der Waals surface area contributed by atoms with E-state index in [1.54, 1.807) is 11.3 Å². The molecule has 0 aliphatic heterocycles. The number of hydrogen-bond donors (Lipinski definition) is 0. The number of thiophene rings is 1. The van der Waals surface area contributed by atoms with Crippen LogP contribution in [-0.4, -0.2) is 19.5 Å². The molecule has 9 aromatic carbocycles. The van der Waals surface area contributed by atoms with Crippen molar-refractivity contribution in [2.75, 3.05) is 0 Å². The van der Waals surface area contributed by atoms with Crippen LogP contribution in [-0.2, 0) is 0 Å². The number of rotatable bonds is 6. The zero-order chi connectivity index (χ0) is 52.7. The molecular weight excluding hydrogens is 789 g/mol. The second kappa shape index (κ2) is 14.2. The van der Waals surface area contributed by atoms with E-state index < -0.39 is 60.4 Å². The third-order valence-corrected chi connectivity index (χ3v) is 12.5. The van der Waals surface area contributed by atoms with Crippen molar-refractivity contribution in [3.63, 3.8) is 0 Å². The molecule has 4 heterocycles. The van der Waals surface area contributed by atoms with Crippen LogP contribution in [0.1, 0.15) is 17.8 Å². The number of hydrogen-bond acceptors (Lipinski definition) is 5. The van der Waals surface area contributed by atoms with Crippen LogP contribution in [0, 0.1) is 0 Å². The van der Waals surface area contributed by atoms with Gasteiger partial charge in [0.25, 0.3) is 0 Å². The van der Waals surface area contributed by atoms with E-state index in [9.17, 15) is 9.60 Å². The molecule has 0 aliphatic carbocycles. The Morgan fingerprint density at radius 2 is 1.22 bits per heavy atom. The van der Waals surface area contributed by atoms with Gasteiger partial charge in [0.15, 0.2) is 23.1 Å². The van der Waals surface area contributed by atoms with Crippen molar-refractivity contribution >= 4 is 75.3 Å². The van der Waals surface area contributed by atoms with Gasteiger partial charge in [0.05, 0.1) is 34.5 Å². The first-order chi connectivity index (χ1) is 36.6. The fraction of sp³-hybridized carbons (Fsp3) is 0.